The van der Waals surface area contributed by atoms with E-state index >= 15 is 4.39 Å². The molecule has 5 heterocycles. The summed E-state index contributed by atoms with van der Waals surface area (Å²) in [4.78, 5) is 21.0. The van der Waals surface area contributed by atoms with Crippen LogP contribution < -0.4 is 10.0 Å². The number of nitrogens with zero attached hydrogens (tertiary/aromatic N) is 5. The maximum atomic E-state index is 16.3. The fourth-order valence-corrected chi connectivity index (χ4v) is 5.80. The van der Waals surface area contributed by atoms with E-state index in [1.165, 1.54) is 18.3 Å². The Labute approximate surface area is 267 Å². The lowest BCUT2D eigenvalue weighted by Gasteiger charge is -2.08. The van der Waals surface area contributed by atoms with E-state index in [-0.39, 0.29) is 29.1 Å². The Morgan fingerprint density at radius 3 is 2.43 bits per heavy atom. The summed E-state index contributed by atoms with van der Waals surface area (Å²) in [5.74, 6) is -0.883. The van der Waals surface area contributed by atoms with Gasteiger partial charge >= 0.3 is 0 Å². The first-order valence-electron chi connectivity index (χ1n) is 14.5. The lowest BCUT2D eigenvalue weighted by atomic mass is 10.1. The number of sulfonamides is 1. The van der Waals surface area contributed by atoms with Crippen molar-refractivity contribution in [3.63, 3.8) is 0 Å². The van der Waals surface area contributed by atoms with E-state index in [0.29, 0.717) is 52.0 Å². The van der Waals surface area contributed by atoms with Gasteiger partial charge in [-0.15, -0.1) is 0 Å². The van der Waals surface area contributed by atoms with E-state index in [2.05, 4.69) is 40.2 Å². The topological polar surface area (TPSA) is 154 Å². The van der Waals surface area contributed by atoms with Crippen molar-refractivity contribution < 1.29 is 17.2 Å². The molecule has 7 rings (SSSR count). The summed E-state index contributed by atoms with van der Waals surface area (Å²) >= 11 is 0. The Hall–Kier alpha value is -5.44. The largest absolute Gasteiger partial charge is 0.336 e. The van der Waals surface area contributed by atoms with Crippen molar-refractivity contribution in [1.82, 2.24) is 45.2 Å². The summed E-state index contributed by atoms with van der Waals surface area (Å²) in [5, 5.41) is 10.8. The fourth-order valence-electron chi connectivity index (χ4n) is 5.37. The number of hydrogen-bond acceptors (Lipinski definition) is 8. The SMILES string of the molecule is CS(=O)(=O)NCc1cc(F)cc(-c2nccc3[nH]c(-c4n[nH]c5cnc(-c6cncc(CNCc7ccccc7)c6)c(F)c45)nc23)c1. The Kier molecular flexibility index (Phi) is 7.97. The first kappa shape index (κ1) is 30.2. The molecule has 4 N–H and O–H groups in total. The summed E-state index contributed by atoms with van der Waals surface area (Å²) in [5.41, 5.74) is 5.39. The zero-order chi connectivity index (χ0) is 32.5. The number of rotatable bonds is 10. The molecule has 0 atom stereocenters. The van der Waals surface area contributed by atoms with Crippen molar-refractivity contribution in [3.8, 4) is 34.0 Å². The molecule has 0 aliphatic carbocycles. The Bertz CT molecular complexity index is 2360. The first-order chi connectivity index (χ1) is 22.7. The van der Waals surface area contributed by atoms with Gasteiger partial charge in [0.2, 0.25) is 10.0 Å². The molecule has 0 bridgehead atoms. The molecule has 5 aromatic heterocycles. The number of imidazole rings is 1. The van der Waals surface area contributed by atoms with Gasteiger partial charge in [-0.3, -0.25) is 20.1 Å². The molecule has 236 valence electrons. The van der Waals surface area contributed by atoms with Crippen molar-refractivity contribution in [2.75, 3.05) is 6.26 Å². The van der Waals surface area contributed by atoms with Crippen molar-refractivity contribution in [2.24, 2.45) is 0 Å². The number of aromatic nitrogens is 7. The molecule has 2 aromatic carbocycles. The highest BCUT2D eigenvalue weighted by molar-refractivity contribution is 7.88. The van der Waals surface area contributed by atoms with Crippen LogP contribution in [0.5, 0.6) is 0 Å². The number of pyridine rings is 3. The number of hydrogen-bond donors (Lipinski definition) is 4. The van der Waals surface area contributed by atoms with Crippen molar-refractivity contribution >= 4 is 32.0 Å². The van der Waals surface area contributed by atoms with E-state index in [0.717, 1.165) is 17.4 Å². The number of fused-ring (bicyclic) bond motifs is 2. The molecule has 0 fully saturated rings. The third-order valence-corrected chi connectivity index (χ3v) is 8.18. The number of aromatic amines is 2. The van der Waals surface area contributed by atoms with Gasteiger partial charge in [-0.05, 0) is 47.0 Å². The number of nitrogens with one attached hydrogen (secondary N) is 4. The molecule has 0 aliphatic rings. The Morgan fingerprint density at radius 2 is 1.60 bits per heavy atom. The highest BCUT2D eigenvalue weighted by atomic mass is 32.2. The first-order valence-corrected chi connectivity index (χ1v) is 16.4. The van der Waals surface area contributed by atoms with Gasteiger partial charge < -0.3 is 10.3 Å². The molecule has 0 spiro atoms. The molecule has 14 heteroatoms. The van der Waals surface area contributed by atoms with Crippen LogP contribution in [-0.2, 0) is 29.7 Å². The maximum absolute atomic E-state index is 16.3. The summed E-state index contributed by atoms with van der Waals surface area (Å²) in [7, 11) is -3.48. The Morgan fingerprint density at radius 1 is 0.787 bits per heavy atom. The number of H-pyrrole nitrogens is 2. The summed E-state index contributed by atoms with van der Waals surface area (Å²) < 4.78 is 56.4. The van der Waals surface area contributed by atoms with Crippen molar-refractivity contribution in [2.45, 2.75) is 19.6 Å². The molecule has 0 saturated carbocycles. The second-order valence-corrected chi connectivity index (χ2v) is 12.9. The van der Waals surface area contributed by atoms with Crippen molar-refractivity contribution in [1.29, 1.82) is 0 Å². The molecule has 0 aliphatic heterocycles. The molecule has 7 aromatic rings. The predicted octanol–water partition coefficient (Wildman–Crippen LogP) is 5.24. The molecule has 11 nitrogen and oxygen atoms in total. The van der Waals surface area contributed by atoms with Gasteiger partial charge in [-0.2, -0.15) is 5.10 Å². The molecule has 0 radical (unpaired) electrons. The van der Waals surface area contributed by atoms with Gasteiger partial charge in [0.05, 0.1) is 34.6 Å². The average molecular weight is 652 g/mol. The molecular formula is C33H27F2N9O2S. The van der Waals surface area contributed by atoms with E-state index in [4.69, 9.17) is 4.98 Å². The number of halogens is 2. The normalized spacial score (nSPS) is 11.9. The molecule has 0 unspecified atom stereocenters. The molecule has 0 saturated heterocycles. The van der Waals surface area contributed by atoms with Crippen LogP contribution in [0, 0.1) is 11.6 Å². The fraction of sp³-hybridized carbons (Fsp3) is 0.121. The third-order valence-electron chi connectivity index (χ3n) is 7.51. The highest BCUT2D eigenvalue weighted by Crippen LogP contribution is 2.34. The van der Waals surface area contributed by atoms with E-state index in [1.54, 1.807) is 30.7 Å². The second-order valence-electron chi connectivity index (χ2n) is 11.0. The lowest BCUT2D eigenvalue weighted by molar-refractivity contribution is 0.586. The second kappa shape index (κ2) is 12.4. The van der Waals surface area contributed by atoms with E-state index < -0.39 is 21.7 Å². The smallest absolute Gasteiger partial charge is 0.209 e. The maximum Gasteiger partial charge on any atom is 0.209 e. The quantitative estimate of drug-likeness (QED) is 0.157. The summed E-state index contributed by atoms with van der Waals surface area (Å²) in [6.45, 7) is 1.12. The van der Waals surface area contributed by atoms with Gasteiger partial charge in [-0.25, -0.2) is 26.9 Å². The minimum absolute atomic E-state index is 0.0943. The van der Waals surface area contributed by atoms with Crippen LogP contribution in [0.2, 0.25) is 0 Å². The van der Waals surface area contributed by atoms with Crippen LogP contribution in [0.4, 0.5) is 8.78 Å². The minimum atomic E-state index is -3.48. The van der Waals surface area contributed by atoms with Gasteiger partial charge in [0.15, 0.2) is 11.6 Å². The predicted molar refractivity (Wildman–Crippen MR) is 174 cm³/mol. The monoisotopic (exact) mass is 651 g/mol. The van der Waals surface area contributed by atoms with Crippen molar-refractivity contribution in [3.05, 3.63) is 114 Å². The highest BCUT2D eigenvalue weighted by Gasteiger charge is 2.22. The van der Waals surface area contributed by atoms with E-state index in [9.17, 15) is 12.8 Å². The molecular weight excluding hydrogens is 624 g/mol. The van der Waals surface area contributed by atoms with Gasteiger partial charge in [-0.1, -0.05) is 30.3 Å². The van der Waals surface area contributed by atoms with Crippen LogP contribution >= 0.6 is 0 Å². The van der Waals surface area contributed by atoms with E-state index in [1.807, 2.05) is 36.4 Å². The zero-order valence-corrected chi connectivity index (χ0v) is 25.7. The van der Waals surface area contributed by atoms with Crippen LogP contribution in [0.3, 0.4) is 0 Å². The van der Waals surface area contributed by atoms with Crippen LogP contribution in [0.15, 0.2) is 85.5 Å². The molecule has 47 heavy (non-hydrogen) atoms. The van der Waals surface area contributed by atoms with Gasteiger partial charge in [0.25, 0.3) is 0 Å². The van der Waals surface area contributed by atoms with Crippen LogP contribution in [0.25, 0.3) is 56.0 Å². The Balaban J connectivity index is 1.22. The summed E-state index contributed by atoms with van der Waals surface area (Å²) in [6.07, 6.45) is 7.37. The zero-order valence-electron chi connectivity index (χ0n) is 24.9. The van der Waals surface area contributed by atoms with Crippen LogP contribution in [-0.4, -0.2) is 49.8 Å². The standard InChI is InChI=1S/C33H27F2N9O2S/c1-47(45,46)40-16-20-9-22(12-24(34)11-20)30-31-25(7-8-38-30)41-33(42-31)32-27-26(43-44-32)18-39-29(28(27)35)23-10-21(15-37-17-23)14-36-13-19-5-3-2-4-6-19/h2-12,15,17-18,36,40H,13-14,16H2,1H3,(H,41,42)(H,43,44). The summed E-state index contributed by atoms with van der Waals surface area (Å²) in [6, 6.07) is 17.7. The average Bonchev–Trinajstić information content (AvgIpc) is 3.69. The van der Waals surface area contributed by atoms with Gasteiger partial charge in [0.1, 0.15) is 22.7 Å². The van der Waals surface area contributed by atoms with Crippen LogP contribution in [0.1, 0.15) is 16.7 Å². The molecule has 0 amide bonds. The third kappa shape index (κ3) is 6.47. The minimum Gasteiger partial charge on any atom is -0.336 e. The number of benzene rings is 2. The van der Waals surface area contributed by atoms with Gasteiger partial charge in [0, 0.05) is 49.4 Å². The lowest BCUT2D eigenvalue weighted by Crippen LogP contribution is -2.21.